The van der Waals surface area contributed by atoms with E-state index in [-0.39, 0.29) is 0 Å². The van der Waals surface area contributed by atoms with Crippen molar-refractivity contribution >= 4 is 0 Å². The second kappa shape index (κ2) is 5.40. The van der Waals surface area contributed by atoms with E-state index >= 15 is 0 Å². The third-order valence-corrected chi connectivity index (χ3v) is 2.62. The molecule has 1 saturated heterocycles. The van der Waals surface area contributed by atoms with Crippen molar-refractivity contribution in [3.8, 4) is 0 Å². The average Bonchev–Trinajstić information content (AvgIpc) is 2.49. The Kier molecular flexibility index (Phi) is 4.46. The fraction of sp³-hybridized carbons (Fsp3) is 0.818. The van der Waals surface area contributed by atoms with Gasteiger partial charge >= 0.3 is 0 Å². The zero-order valence-electron chi connectivity index (χ0n) is 8.92. The van der Waals surface area contributed by atoms with Gasteiger partial charge in [-0.15, -0.1) is 6.58 Å². The molecule has 0 saturated carbocycles. The van der Waals surface area contributed by atoms with Crippen molar-refractivity contribution in [1.29, 1.82) is 0 Å². The maximum absolute atomic E-state index is 3.79. The number of hydrogen-bond acceptors (Lipinski definition) is 2. The van der Waals surface area contributed by atoms with E-state index in [1.165, 1.54) is 19.4 Å². The van der Waals surface area contributed by atoms with Crippen LogP contribution in [0, 0.1) is 0 Å². The molecule has 0 aromatic rings. The SMILES string of the molecule is C=CCN1CCCC1CNC(C)C. The minimum atomic E-state index is 0.603. The molecule has 0 radical (unpaired) electrons. The molecule has 76 valence electrons. The Hall–Kier alpha value is -0.340. The monoisotopic (exact) mass is 182 g/mol. The minimum Gasteiger partial charge on any atom is -0.313 e. The Morgan fingerprint density at radius 3 is 3.00 bits per heavy atom. The molecule has 0 spiro atoms. The summed E-state index contributed by atoms with van der Waals surface area (Å²) in [5.74, 6) is 0. The van der Waals surface area contributed by atoms with Crippen LogP contribution in [-0.2, 0) is 0 Å². The van der Waals surface area contributed by atoms with Gasteiger partial charge in [0.25, 0.3) is 0 Å². The van der Waals surface area contributed by atoms with Gasteiger partial charge in [-0.2, -0.15) is 0 Å². The molecule has 1 N–H and O–H groups in total. The van der Waals surface area contributed by atoms with Crippen LogP contribution in [0.2, 0.25) is 0 Å². The molecule has 13 heavy (non-hydrogen) atoms. The van der Waals surface area contributed by atoms with Gasteiger partial charge in [-0.1, -0.05) is 19.9 Å². The van der Waals surface area contributed by atoms with Gasteiger partial charge < -0.3 is 5.32 Å². The van der Waals surface area contributed by atoms with E-state index < -0.39 is 0 Å². The normalized spacial score (nSPS) is 24.1. The first-order chi connectivity index (χ1) is 6.24. The lowest BCUT2D eigenvalue weighted by Crippen LogP contribution is -2.40. The lowest BCUT2D eigenvalue weighted by molar-refractivity contribution is 0.268. The van der Waals surface area contributed by atoms with E-state index in [9.17, 15) is 0 Å². The number of hydrogen-bond donors (Lipinski definition) is 1. The molecule has 0 aliphatic carbocycles. The summed E-state index contributed by atoms with van der Waals surface area (Å²) in [7, 11) is 0. The quantitative estimate of drug-likeness (QED) is 0.650. The van der Waals surface area contributed by atoms with Crippen LogP contribution in [0.4, 0.5) is 0 Å². The Labute approximate surface area is 82.0 Å². The highest BCUT2D eigenvalue weighted by atomic mass is 15.2. The Balaban J connectivity index is 2.26. The summed E-state index contributed by atoms with van der Waals surface area (Å²) in [5.41, 5.74) is 0. The molecule has 1 heterocycles. The molecule has 2 heteroatoms. The molecule has 1 atom stereocenters. The van der Waals surface area contributed by atoms with Gasteiger partial charge in [0.05, 0.1) is 0 Å². The molecule has 1 aliphatic rings. The van der Waals surface area contributed by atoms with Gasteiger partial charge in [0, 0.05) is 25.2 Å². The van der Waals surface area contributed by atoms with Crippen LogP contribution >= 0.6 is 0 Å². The molecule has 1 fully saturated rings. The lowest BCUT2D eigenvalue weighted by Gasteiger charge is -2.24. The third kappa shape index (κ3) is 3.49. The van der Waals surface area contributed by atoms with Crippen molar-refractivity contribution in [3.05, 3.63) is 12.7 Å². The molecule has 1 unspecified atom stereocenters. The molecule has 0 amide bonds. The van der Waals surface area contributed by atoms with Crippen LogP contribution < -0.4 is 5.32 Å². The van der Waals surface area contributed by atoms with Gasteiger partial charge in [-0.3, -0.25) is 4.90 Å². The average molecular weight is 182 g/mol. The van der Waals surface area contributed by atoms with Crippen molar-refractivity contribution in [2.75, 3.05) is 19.6 Å². The van der Waals surface area contributed by atoms with Gasteiger partial charge in [-0.25, -0.2) is 0 Å². The number of likely N-dealkylation sites (tertiary alicyclic amines) is 1. The summed E-state index contributed by atoms with van der Waals surface area (Å²) in [6, 6.07) is 1.34. The summed E-state index contributed by atoms with van der Waals surface area (Å²) in [5, 5.41) is 3.50. The first kappa shape index (κ1) is 10.7. The second-order valence-electron chi connectivity index (χ2n) is 4.14. The maximum atomic E-state index is 3.79. The standard InChI is InChI=1S/C11H22N2/c1-4-7-13-8-5-6-11(13)9-12-10(2)3/h4,10-12H,1,5-9H2,2-3H3. The van der Waals surface area contributed by atoms with Crippen molar-refractivity contribution in [2.24, 2.45) is 0 Å². The molecule has 0 aromatic carbocycles. The summed E-state index contributed by atoms with van der Waals surface area (Å²) in [6.07, 6.45) is 4.69. The first-order valence-corrected chi connectivity index (χ1v) is 5.32. The highest BCUT2D eigenvalue weighted by Crippen LogP contribution is 2.15. The third-order valence-electron chi connectivity index (χ3n) is 2.62. The molecule has 2 nitrogen and oxygen atoms in total. The summed E-state index contributed by atoms with van der Waals surface area (Å²) in [4.78, 5) is 2.52. The van der Waals surface area contributed by atoms with Crippen LogP contribution in [-0.4, -0.2) is 36.6 Å². The molecule has 0 aromatic heterocycles. The highest BCUT2D eigenvalue weighted by Gasteiger charge is 2.22. The summed E-state index contributed by atoms with van der Waals surface area (Å²) < 4.78 is 0. The summed E-state index contributed by atoms with van der Waals surface area (Å²) >= 11 is 0. The second-order valence-corrected chi connectivity index (χ2v) is 4.14. The van der Waals surface area contributed by atoms with Crippen LogP contribution in [0.5, 0.6) is 0 Å². The molecular weight excluding hydrogens is 160 g/mol. The Morgan fingerprint density at radius 2 is 2.38 bits per heavy atom. The topological polar surface area (TPSA) is 15.3 Å². The van der Waals surface area contributed by atoms with E-state index in [1.807, 2.05) is 6.08 Å². The molecule has 0 bridgehead atoms. The maximum Gasteiger partial charge on any atom is 0.0224 e. The van der Waals surface area contributed by atoms with Crippen LogP contribution in [0.25, 0.3) is 0 Å². The summed E-state index contributed by atoms with van der Waals surface area (Å²) in [6.45, 7) is 11.6. The number of nitrogens with one attached hydrogen (secondary N) is 1. The largest absolute Gasteiger partial charge is 0.313 e. The molecule has 1 rings (SSSR count). The van der Waals surface area contributed by atoms with Crippen LogP contribution in [0.1, 0.15) is 26.7 Å². The number of nitrogens with zero attached hydrogens (tertiary/aromatic N) is 1. The van der Waals surface area contributed by atoms with Crippen LogP contribution in [0.15, 0.2) is 12.7 Å². The van der Waals surface area contributed by atoms with Gasteiger partial charge in [0.1, 0.15) is 0 Å². The molecular formula is C11H22N2. The number of rotatable bonds is 5. The lowest BCUT2D eigenvalue weighted by atomic mass is 10.2. The van der Waals surface area contributed by atoms with Crippen LogP contribution in [0.3, 0.4) is 0 Å². The smallest absolute Gasteiger partial charge is 0.0224 e. The van der Waals surface area contributed by atoms with Crippen molar-refractivity contribution in [1.82, 2.24) is 10.2 Å². The zero-order valence-corrected chi connectivity index (χ0v) is 8.92. The predicted octanol–water partition coefficient (Wildman–Crippen LogP) is 1.63. The van der Waals surface area contributed by atoms with Gasteiger partial charge in [0.2, 0.25) is 0 Å². The predicted molar refractivity (Wildman–Crippen MR) is 57.9 cm³/mol. The van der Waals surface area contributed by atoms with E-state index in [4.69, 9.17) is 0 Å². The van der Waals surface area contributed by atoms with Crippen molar-refractivity contribution < 1.29 is 0 Å². The minimum absolute atomic E-state index is 0.603. The Bertz CT molecular complexity index is 154. The van der Waals surface area contributed by atoms with E-state index in [0.29, 0.717) is 6.04 Å². The Morgan fingerprint density at radius 1 is 1.62 bits per heavy atom. The fourth-order valence-electron chi connectivity index (χ4n) is 1.90. The van der Waals surface area contributed by atoms with E-state index in [0.717, 1.165) is 19.1 Å². The highest BCUT2D eigenvalue weighted by molar-refractivity contribution is 4.85. The van der Waals surface area contributed by atoms with Gasteiger partial charge in [0.15, 0.2) is 0 Å². The molecule has 1 aliphatic heterocycles. The van der Waals surface area contributed by atoms with Gasteiger partial charge in [-0.05, 0) is 19.4 Å². The van der Waals surface area contributed by atoms with E-state index in [1.54, 1.807) is 0 Å². The van der Waals surface area contributed by atoms with Crippen molar-refractivity contribution in [3.63, 3.8) is 0 Å². The first-order valence-electron chi connectivity index (χ1n) is 5.32. The van der Waals surface area contributed by atoms with E-state index in [2.05, 4.69) is 30.6 Å². The van der Waals surface area contributed by atoms with Crippen molar-refractivity contribution in [2.45, 2.75) is 38.8 Å². The zero-order chi connectivity index (χ0) is 9.68. The fourth-order valence-corrected chi connectivity index (χ4v) is 1.90.